The maximum Gasteiger partial charge on any atom is 0.199 e. The summed E-state index contributed by atoms with van der Waals surface area (Å²) in [5.41, 5.74) is 4.17. The van der Waals surface area contributed by atoms with E-state index in [0.717, 1.165) is 21.9 Å². The van der Waals surface area contributed by atoms with E-state index in [9.17, 15) is 22.1 Å². The van der Waals surface area contributed by atoms with Crippen LogP contribution in [0.3, 0.4) is 0 Å². The molecule has 2 N–H and O–H groups in total. The number of ether oxygens (including phenoxy) is 1. The lowest BCUT2D eigenvalue weighted by Crippen LogP contribution is -2.16. The number of azo groups is 2. The molecule has 0 saturated carbocycles. The lowest BCUT2D eigenvalue weighted by Gasteiger charge is -2.15. The average molecular weight is 665 g/mol. The number of sulfone groups is 2. The van der Waals surface area contributed by atoms with Crippen molar-refractivity contribution in [2.45, 2.75) is 32.1 Å². The molecule has 1 heterocycles. The van der Waals surface area contributed by atoms with Crippen LogP contribution < -0.4 is 10.6 Å². The molecule has 0 aliphatic carbocycles. The minimum atomic E-state index is -3.54. The molecule has 3 aromatic rings. The number of anilines is 2. The van der Waals surface area contributed by atoms with Crippen LogP contribution in [0.2, 0.25) is 0 Å². The van der Waals surface area contributed by atoms with Gasteiger partial charge in [-0.05, 0) is 74.7 Å². The van der Waals surface area contributed by atoms with E-state index in [4.69, 9.17) is 4.74 Å². The van der Waals surface area contributed by atoms with E-state index in [-0.39, 0.29) is 34.3 Å². The lowest BCUT2D eigenvalue weighted by atomic mass is 10.1. The van der Waals surface area contributed by atoms with Crippen LogP contribution in [-0.2, 0) is 24.4 Å². The maximum absolute atomic E-state index is 12.0. The van der Waals surface area contributed by atoms with Crippen LogP contribution in [0.4, 0.5) is 34.4 Å². The molecule has 0 spiro atoms. The van der Waals surface area contributed by atoms with Crippen molar-refractivity contribution < 1.29 is 21.6 Å². The maximum atomic E-state index is 12.0. The van der Waals surface area contributed by atoms with Crippen LogP contribution >= 0.6 is 0 Å². The first-order valence-electron chi connectivity index (χ1n) is 14.0. The summed E-state index contributed by atoms with van der Waals surface area (Å²) in [6.07, 6.45) is 0.685. The SMILES string of the molecule is C=CS(=O)(=O)CCNc1nc(NCCCOC)c(C#N)c(C)c1N=Nc1cc(C)c(N=Nc2ccc(S(=O)(=O)C=C)cc2)cc1C. The highest BCUT2D eigenvalue weighted by Gasteiger charge is 2.18. The van der Waals surface area contributed by atoms with Crippen molar-refractivity contribution in [3.8, 4) is 6.07 Å². The molecule has 0 bridgehead atoms. The van der Waals surface area contributed by atoms with Gasteiger partial charge in [0.25, 0.3) is 0 Å². The molecule has 46 heavy (non-hydrogen) atoms. The second-order valence-electron chi connectivity index (χ2n) is 10.0. The number of nitriles is 1. The predicted molar refractivity (Wildman–Crippen MR) is 179 cm³/mol. The Morgan fingerprint density at radius 3 is 2.07 bits per heavy atom. The van der Waals surface area contributed by atoms with E-state index in [1.807, 2.05) is 13.8 Å². The third kappa shape index (κ3) is 9.36. The molecule has 0 unspecified atom stereocenters. The molecular weight excluding hydrogens is 629 g/mol. The van der Waals surface area contributed by atoms with Gasteiger partial charge in [0.2, 0.25) is 0 Å². The standard InChI is InChI=1S/C31H36N8O5S2/c1-7-45(40,41)17-15-34-31-29(23(5)26(20-32)30(35-31)33-14-9-16-44-6)39-38-28-19-21(3)27(18-22(28)4)37-36-24-10-12-25(13-11-24)46(42,43)8-2/h7-8,10-13,18-19H,1-2,9,14-17H2,3-6H3,(H2,33,34,35). The van der Waals surface area contributed by atoms with Crippen LogP contribution in [0.1, 0.15) is 28.7 Å². The Bertz CT molecular complexity index is 1920. The topological polar surface area (TPSA) is 188 Å². The number of aromatic nitrogens is 1. The smallest absolute Gasteiger partial charge is 0.199 e. The zero-order valence-corrected chi connectivity index (χ0v) is 27.7. The Labute approximate surface area is 269 Å². The molecule has 3 rings (SSSR count). The van der Waals surface area contributed by atoms with Crippen LogP contribution in [0.15, 0.2) is 85.7 Å². The van der Waals surface area contributed by atoms with Crippen molar-refractivity contribution in [1.82, 2.24) is 4.98 Å². The third-order valence-corrected chi connectivity index (χ3v) is 9.36. The van der Waals surface area contributed by atoms with E-state index in [0.29, 0.717) is 48.0 Å². The fourth-order valence-electron chi connectivity index (χ4n) is 4.04. The highest BCUT2D eigenvalue weighted by Crippen LogP contribution is 2.36. The third-order valence-electron chi connectivity index (χ3n) is 6.71. The highest BCUT2D eigenvalue weighted by atomic mass is 32.2. The van der Waals surface area contributed by atoms with Crippen LogP contribution in [-0.4, -0.2) is 54.4 Å². The predicted octanol–water partition coefficient (Wildman–Crippen LogP) is 7.05. The highest BCUT2D eigenvalue weighted by molar-refractivity contribution is 7.94. The Hall–Kier alpha value is -4.78. The summed E-state index contributed by atoms with van der Waals surface area (Å²) < 4.78 is 52.9. The quantitative estimate of drug-likeness (QED) is 0.119. The lowest BCUT2D eigenvalue weighted by molar-refractivity contribution is 0.198. The normalized spacial score (nSPS) is 11.9. The minimum Gasteiger partial charge on any atom is -0.385 e. The van der Waals surface area contributed by atoms with Crippen molar-refractivity contribution in [3.05, 3.63) is 82.6 Å². The number of methoxy groups -OCH3 is 1. The van der Waals surface area contributed by atoms with Gasteiger partial charge in [0, 0.05) is 43.2 Å². The zero-order valence-electron chi connectivity index (χ0n) is 26.1. The molecule has 2 aromatic carbocycles. The molecule has 0 radical (unpaired) electrons. The number of pyridine rings is 1. The van der Waals surface area contributed by atoms with Gasteiger partial charge in [0.15, 0.2) is 25.5 Å². The van der Waals surface area contributed by atoms with Gasteiger partial charge in [-0.15, -0.1) is 5.11 Å². The molecule has 1 aromatic heterocycles. The Morgan fingerprint density at radius 1 is 0.891 bits per heavy atom. The summed E-state index contributed by atoms with van der Waals surface area (Å²) in [6, 6.07) is 11.7. The minimum absolute atomic E-state index is 0.0307. The summed E-state index contributed by atoms with van der Waals surface area (Å²) in [5.74, 6) is 0.389. The fourth-order valence-corrected chi connectivity index (χ4v) is 5.30. The second kappa shape index (κ2) is 16.0. The Morgan fingerprint density at radius 2 is 1.50 bits per heavy atom. The number of nitrogens with one attached hydrogen (secondary N) is 2. The summed E-state index contributed by atoms with van der Waals surface area (Å²) in [4.78, 5) is 4.68. The summed E-state index contributed by atoms with van der Waals surface area (Å²) in [5, 5.41) is 35.3. The molecule has 0 aliphatic rings. The molecule has 0 fully saturated rings. The van der Waals surface area contributed by atoms with Crippen LogP contribution in [0.5, 0.6) is 0 Å². The van der Waals surface area contributed by atoms with E-state index < -0.39 is 19.7 Å². The largest absolute Gasteiger partial charge is 0.385 e. The first-order chi connectivity index (χ1) is 21.9. The molecule has 0 amide bonds. The van der Waals surface area contributed by atoms with Gasteiger partial charge in [-0.2, -0.15) is 20.6 Å². The molecule has 242 valence electrons. The molecule has 0 atom stereocenters. The van der Waals surface area contributed by atoms with Gasteiger partial charge in [0.05, 0.1) is 33.3 Å². The van der Waals surface area contributed by atoms with Gasteiger partial charge in [-0.1, -0.05) is 13.2 Å². The number of nitrogens with zero attached hydrogens (tertiary/aromatic N) is 6. The Kier molecular flexibility index (Phi) is 12.4. The van der Waals surface area contributed by atoms with E-state index in [1.54, 1.807) is 38.3 Å². The Balaban J connectivity index is 1.94. The van der Waals surface area contributed by atoms with Crippen molar-refractivity contribution in [3.63, 3.8) is 0 Å². The molecular formula is C31H36N8O5S2. The van der Waals surface area contributed by atoms with E-state index >= 15 is 0 Å². The van der Waals surface area contributed by atoms with Crippen LogP contribution in [0.25, 0.3) is 0 Å². The molecule has 15 heteroatoms. The fraction of sp³-hybridized carbons (Fsp3) is 0.290. The van der Waals surface area contributed by atoms with Crippen molar-refractivity contribution >= 4 is 54.1 Å². The molecule has 0 saturated heterocycles. The van der Waals surface area contributed by atoms with Crippen LogP contribution in [0, 0.1) is 32.1 Å². The second-order valence-corrected chi connectivity index (χ2v) is 14.0. The van der Waals surface area contributed by atoms with Gasteiger partial charge in [-0.3, -0.25) is 0 Å². The number of benzene rings is 2. The van der Waals surface area contributed by atoms with Crippen molar-refractivity contribution in [1.29, 1.82) is 5.26 Å². The average Bonchev–Trinajstić information content (AvgIpc) is 3.03. The van der Waals surface area contributed by atoms with Gasteiger partial charge in [-0.25, -0.2) is 21.8 Å². The van der Waals surface area contributed by atoms with Gasteiger partial charge < -0.3 is 15.4 Å². The number of aryl methyl sites for hydroxylation is 2. The number of hydrogen-bond acceptors (Lipinski definition) is 13. The first kappa shape index (κ1) is 35.7. The summed E-state index contributed by atoms with van der Waals surface area (Å²) in [7, 11) is -5.40. The number of rotatable bonds is 16. The van der Waals surface area contributed by atoms with Gasteiger partial charge >= 0.3 is 0 Å². The number of hydrogen-bond donors (Lipinski definition) is 2. The van der Waals surface area contributed by atoms with Crippen molar-refractivity contribution in [2.24, 2.45) is 20.5 Å². The monoisotopic (exact) mass is 664 g/mol. The zero-order chi connectivity index (χ0) is 33.9. The van der Waals surface area contributed by atoms with Crippen molar-refractivity contribution in [2.75, 3.05) is 43.2 Å². The van der Waals surface area contributed by atoms with E-state index in [1.165, 1.54) is 12.1 Å². The molecule has 13 nitrogen and oxygen atoms in total. The summed E-state index contributed by atoms with van der Waals surface area (Å²) >= 11 is 0. The molecule has 0 aliphatic heterocycles. The first-order valence-corrected chi connectivity index (χ1v) is 17.3. The summed E-state index contributed by atoms with van der Waals surface area (Å²) in [6.45, 7) is 13.1. The van der Waals surface area contributed by atoms with Gasteiger partial charge in [0.1, 0.15) is 17.6 Å². The van der Waals surface area contributed by atoms with E-state index in [2.05, 4.69) is 55.3 Å².